The highest BCUT2D eigenvalue weighted by Gasteiger charge is 2.33. The first-order valence-corrected chi connectivity index (χ1v) is 11.1. The van der Waals surface area contributed by atoms with Crippen molar-refractivity contribution < 1.29 is 23.4 Å². The van der Waals surface area contributed by atoms with Crippen LogP contribution in [-0.4, -0.2) is 22.7 Å². The molecule has 1 aromatic heterocycles. The Morgan fingerprint density at radius 2 is 2.09 bits per heavy atom. The summed E-state index contributed by atoms with van der Waals surface area (Å²) >= 11 is 0. The molecular weight excluding hydrogens is 409 g/mol. The number of benzene rings is 2. The fourth-order valence-electron chi connectivity index (χ4n) is 4.59. The number of aryl methyl sites for hydroxylation is 3. The van der Waals surface area contributed by atoms with E-state index in [2.05, 4.69) is 4.98 Å². The van der Waals surface area contributed by atoms with Crippen molar-refractivity contribution in [2.75, 3.05) is 6.61 Å². The van der Waals surface area contributed by atoms with Crippen LogP contribution >= 0.6 is 0 Å². The first kappa shape index (κ1) is 22.1. The van der Waals surface area contributed by atoms with Crippen LogP contribution in [0.15, 0.2) is 40.8 Å². The van der Waals surface area contributed by atoms with Gasteiger partial charge >= 0.3 is 5.97 Å². The average Bonchev–Trinajstić information content (AvgIpc) is 3.34. The Labute approximate surface area is 187 Å². The molecule has 2 unspecified atom stereocenters. The number of carbonyl (C=O) groups is 1. The number of aliphatic carboxylic acids is 1. The molecule has 1 heterocycles. The second-order valence-electron chi connectivity index (χ2n) is 8.44. The first-order valence-electron chi connectivity index (χ1n) is 11.1. The van der Waals surface area contributed by atoms with Crippen molar-refractivity contribution in [1.29, 1.82) is 0 Å². The van der Waals surface area contributed by atoms with Gasteiger partial charge in [-0.2, -0.15) is 0 Å². The van der Waals surface area contributed by atoms with E-state index in [0.29, 0.717) is 30.9 Å². The summed E-state index contributed by atoms with van der Waals surface area (Å²) < 4.78 is 25.3. The van der Waals surface area contributed by atoms with Crippen molar-refractivity contribution in [1.82, 2.24) is 4.98 Å². The minimum absolute atomic E-state index is 0.0767. The van der Waals surface area contributed by atoms with Gasteiger partial charge in [-0.3, -0.25) is 4.79 Å². The molecule has 4 rings (SSSR count). The van der Waals surface area contributed by atoms with Gasteiger partial charge < -0.3 is 14.3 Å². The van der Waals surface area contributed by atoms with Crippen LogP contribution in [0.25, 0.3) is 11.5 Å². The topological polar surface area (TPSA) is 72.6 Å². The van der Waals surface area contributed by atoms with E-state index in [1.165, 1.54) is 11.6 Å². The Balaban J connectivity index is 1.40. The van der Waals surface area contributed by atoms with Gasteiger partial charge in [-0.25, -0.2) is 9.37 Å². The number of aromatic nitrogens is 1. The number of halogens is 1. The summed E-state index contributed by atoms with van der Waals surface area (Å²) in [6, 6.07) is 10.8. The maximum atomic E-state index is 13.5. The Hall–Kier alpha value is -3.15. The van der Waals surface area contributed by atoms with Crippen LogP contribution in [0, 0.1) is 25.6 Å². The molecule has 0 saturated heterocycles. The molecule has 5 nitrogen and oxygen atoms in total. The SMILES string of the molecule is CCC(C(=O)O)C1CCc2cc(OCCc3nc(-c4ccc(F)c(C)c4)oc3C)ccc21. The van der Waals surface area contributed by atoms with Crippen molar-refractivity contribution in [2.45, 2.75) is 52.4 Å². The Kier molecular flexibility index (Phi) is 6.31. The molecule has 1 N–H and O–H groups in total. The van der Waals surface area contributed by atoms with E-state index in [-0.39, 0.29) is 17.7 Å². The molecule has 0 amide bonds. The third-order valence-electron chi connectivity index (χ3n) is 6.39. The number of hydrogen-bond acceptors (Lipinski definition) is 4. The summed E-state index contributed by atoms with van der Waals surface area (Å²) in [5.41, 5.74) is 4.43. The van der Waals surface area contributed by atoms with Crippen LogP contribution < -0.4 is 4.74 Å². The Bertz CT molecular complexity index is 1140. The Morgan fingerprint density at radius 3 is 2.81 bits per heavy atom. The molecule has 168 valence electrons. The number of hydrogen-bond donors (Lipinski definition) is 1. The lowest BCUT2D eigenvalue weighted by Crippen LogP contribution is -2.19. The highest BCUT2D eigenvalue weighted by Crippen LogP contribution is 2.41. The van der Waals surface area contributed by atoms with Crippen LogP contribution in [-0.2, 0) is 17.6 Å². The lowest BCUT2D eigenvalue weighted by atomic mass is 9.85. The van der Waals surface area contributed by atoms with Crippen molar-refractivity contribution in [3.05, 3.63) is 70.4 Å². The minimum Gasteiger partial charge on any atom is -0.493 e. The van der Waals surface area contributed by atoms with Crippen molar-refractivity contribution >= 4 is 5.97 Å². The summed E-state index contributed by atoms with van der Waals surface area (Å²) in [5.74, 6) is 0.756. The number of fused-ring (bicyclic) bond motifs is 1. The molecular formula is C26H28FNO4. The number of rotatable bonds is 8. The molecule has 3 aromatic rings. The van der Waals surface area contributed by atoms with Gasteiger partial charge in [-0.15, -0.1) is 0 Å². The van der Waals surface area contributed by atoms with Crippen LogP contribution in [0.2, 0.25) is 0 Å². The number of oxazole rings is 1. The van der Waals surface area contributed by atoms with Gasteiger partial charge in [0.1, 0.15) is 17.3 Å². The van der Waals surface area contributed by atoms with Gasteiger partial charge in [0.05, 0.1) is 18.2 Å². The summed E-state index contributed by atoms with van der Waals surface area (Å²) in [5, 5.41) is 9.51. The van der Waals surface area contributed by atoms with Gasteiger partial charge in [-0.1, -0.05) is 13.0 Å². The molecule has 1 aliphatic carbocycles. The number of carboxylic acid groups (broad SMARTS) is 1. The van der Waals surface area contributed by atoms with Crippen LogP contribution in [0.4, 0.5) is 4.39 Å². The number of nitrogens with zero attached hydrogens (tertiary/aromatic N) is 1. The van der Waals surface area contributed by atoms with E-state index in [4.69, 9.17) is 9.15 Å². The largest absolute Gasteiger partial charge is 0.493 e. The van der Waals surface area contributed by atoms with Gasteiger partial charge in [0.15, 0.2) is 0 Å². The lowest BCUT2D eigenvalue weighted by molar-refractivity contribution is -0.142. The Morgan fingerprint density at radius 1 is 1.28 bits per heavy atom. The van der Waals surface area contributed by atoms with Crippen LogP contribution in [0.3, 0.4) is 0 Å². The maximum absolute atomic E-state index is 13.5. The van der Waals surface area contributed by atoms with E-state index in [0.717, 1.165) is 41.2 Å². The highest BCUT2D eigenvalue weighted by atomic mass is 19.1. The van der Waals surface area contributed by atoms with E-state index in [1.54, 1.807) is 19.1 Å². The zero-order chi connectivity index (χ0) is 22.8. The highest BCUT2D eigenvalue weighted by molar-refractivity contribution is 5.72. The molecule has 0 radical (unpaired) electrons. The van der Waals surface area contributed by atoms with Crippen molar-refractivity contribution in [2.24, 2.45) is 5.92 Å². The predicted octanol–water partition coefficient (Wildman–Crippen LogP) is 5.86. The average molecular weight is 438 g/mol. The van der Waals surface area contributed by atoms with Crippen molar-refractivity contribution in [3.8, 4) is 17.2 Å². The second-order valence-corrected chi connectivity index (χ2v) is 8.44. The normalized spacial score (nSPS) is 16.1. The molecule has 32 heavy (non-hydrogen) atoms. The monoisotopic (exact) mass is 437 g/mol. The quantitative estimate of drug-likeness (QED) is 0.478. The fourth-order valence-corrected chi connectivity index (χ4v) is 4.59. The lowest BCUT2D eigenvalue weighted by Gasteiger charge is -2.19. The van der Waals surface area contributed by atoms with Crippen LogP contribution in [0.5, 0.6) is 5.75 Å². The number of carboxylic acids is 1. The van der Waals surface area contributed by atoms with Crippen molar-refractivity contribution in [3.63, 3.8) is 0 Å². The third kappa shape index (κ3) is 4.40. The second kappa shape index (κ2) is 9.15. The summed E-state index contributed by atoms with van der Waals surface area (Å²) in [4.78, 5) is 16.1. The summed E-state index contributed by atoms with van der Waals surface area (Å²) in [6.07, 6.45) is 2.97. The molecule has 0 saturated carbocycles. The third-order valence-corrected chi connectivity index (χ3v) is 6.39. The fraction of sp³-hybridized carbons (Fsp3) is 0.385. The standard InChI is InChI=1S/C26H28FNO4/c1-4-20(26(29)30)22-8-5-17-14-19(7-9-21(17)22)31-12-11-24-16(3)32-25(28-24)18-6-10-23(27)15(2)13-18/h6-7,9-10,13-14,20,22H,4-5,8,11-12H2,1-3H3,(H,29,30). The zero-order valence-corrected chi connectivity index (χ0v) is 18.7. The zero-order valence-electron chi connectivity index (χ0n) is 18.7. The van der Waals surface area contributed by atoms with E-state index >= 15 is 0 Å². The molecule has 0 bridgehead atoms. The van der Waals surface area contributed by atoms with Gasteiger partial charge in [0.25, 0.3) is 0 Å². The molecule has 2 aromatic carbocycles. The molecule has 1 aliphatic rings. The molecule has 0 spiro atoms. The van der Waals surface area contributed by atoms with Gasteiger partial charge in [0, 0.05) is 12.0 Å². The predicted molar refractivity (Wildman–Crippen MR) is 119 cm³/mol. The maximum Gasteiger partial charge on any atom is 0.307 e. The summed E-state index contributed by atoms with van der Waals surface area (Å²) in [6.45, 7) is 5.96. The first-order chi connectivity index (χ1) is 15.4. The van der Waals surface area contributed by atoms with E-state index in [9.17, 15) is 14.3 Å². The summed E-state index contributed by atoms with van der Waals surface area (Å²) in [7, 11) is 0. The molecule has 0 fully saturated rings. The van der Waals surface area contributed by atoms with Gasteiger partial charge in [-0.05, 0) is 86.1 Å². The smallest absolute Gasteiger partial charge is 0.307 e. The molecule has 0 aliphatic heterocycles. The van der Waals surface area contributed by atoms with E-state index < -0.39 is 5.97 Å². The van der Waals surface area contributed by atoms with Crippen LogP contribution in [0.1, 0.15) is 53.8 Å². The van der Waals surface area contributed by atoms with E-state index in [1.807, 2.05) is 32.0 Å². The molecule has 6 heteroatoms. The number of ether oxygens (including phenoxy) is 1. The van der Waals surface area contributed by atoms with Gasteiger partial charge in [0.2, 0.25) is 5.89 Å². The molecule has 2 atom stereocenters. The minimum atomic E-state index is -0.719.